The van der Waals surface area contributed by atoms with Gasteiger partial charge >= 0.3 is 0 Å². The molecule has 0 amide bonds. The standard InChI is InChI=1S/C11H16FNO3S/c1-8(2)16-5-6-17(14,15)11-7-9(12)3-4-10(11)13/h3-4,7-8H,5-6,13H2,1-2H3. The van der Waals surface area contributed by atoms with Crippen molar-refractivity contribution in [1.29, 1.82) is 0 Å². The first-order valence-electron chi connectivity index (χ1n) is 5.22. The number of rotatable bonds is 5. The number of ether oxygens (including phenoxy) is 1. The number of nitrogen functional groups attached to an aromatic ring is 1. The normalized spacial score (nSPS) is 12.0. The van der Waals surface area contributed by atoms with Crippen molar-refractivity contribution in [2.24, 2.45) is 0 Å². The second-order valence-electron chi connectivity index (χ2n) is 3.92. The fourth-order valence-corrected chi connectivity index (χ4v) is 2.54. The summed E-state index contributed by atoms with van der Waals surface area (Å²) in [5.74, 6) is -0.832. The summed E-state index contributed by atoms with van der Waals surface area (Å²) in [4.78, 5) is -0.176. The smallest absolute Gasteiger partial charge is 0.182 e. The third kappa shape index (κ3) is 3.98. The van der Waals surface area contributed by atoms with E-state index in [9.17, 15) is 12.8 Å². The van der Waals surface area contributed by atoms with Gasteiger partial charge in [-0.15, -0.1) is 0 Å². The molecule has 17 heavy (non-hydrogen) atoms. The van der Waals surface area contributed by atoms with Crippen LogP contribution in [0.25, 0.3) is 0 Å². The Morgan fingerprint density at radius 2 is 2.06 bits per heavy atom. The van der Waals surface area contributed by atoms with E-state index < -0.39 is 15.7 Å². The minimum absolute atomic E-state index is 0.0462. The summed E-state index contributed by atoms with van der Waals surface area (Å²) < 4.78 is 41.9. The van der Waals surface area contributed by atoms with Crippen LogP contribution >= 0.6 is 0 Å². The van der Waals surface area contributed by atoms with Crippen LogP contribution in [0.2, 0.25) is 0 Å². The highest BCUT2D eigenvalue weighted by Crippen LogP contribution is 2.20. The molecule has 0 saturated heterocycles. The Kier molecular flexibility index (Phi) is 4.47. The van der Waals surface area contributed by atoms with Gasteiger partial charge in [0.25, 0.3) is 0 Å². The van der Waals surface area contributed by atoms with Crippen molar-refractivity contribution in [3.8, 4) is 0 Å². The summed E-state index contributed by atoms with van der Waals surface area (Å²) in [6.07, 6.45) is -0.0462. The maximum absolute atomic E-state index is 13.0. The van der Waals surface area contributed by atoms with E-state index in [1.807, 2.05) is 13.8 Å². The van der Waals surface area contributed by atoms with E-state index >= 15 is 0 Å². The summed E-state index contributed by atoms with van der Waals surface area (Å²) in [5, 5.41) is 0. The number of hydrogen-bond donors (Lipinski definition) is 1. The first-order valence-corrected chi connectivity index (χ1v) is 6.87. The van der Waals surface area contributed by atoms with E-state index in [2.05, 4.69) is 0 Å². The molecular formula is C11H16FNO3S. The van der Waals surface area contributed by atoms with Gasteiger partial charge in [-0.25, -0.2) is 12.8 Å². The molecule has 0 atom stereocenters. The lowest BCUT2D eigenvalue weighted by molar-refractivity contribution is 0.0912. The van der Waals surface area contributed by atoms with Gasteiger partial charge in [-0.1, -0.05) is 0 Å². The Labute approximate surface area is 101 Å². The van der Waals surface area contributed by atoms with Gasteiger partial charge in [0, 0.05) is 0 Å². The maximum Gasteiger partial charge on any atom is 0.182 e. The molecular weight excluding hydrogens is 245 g/mol. The van der Waals surface area contributed by atoms with Crippen molar-refractivity contribution in [1.82, 2.24) is 0 Å². The molecule has 0 aliphatic carbocycles. The zero-order valence-electron chi connectivity index (χ0n) is 9.81. The highest BCUT2D eigenvalue weighted by atomic mass is 32.2. The average Bonchev–Trinajstić information content (AvgIpc) is 2.20. The lowest BCUT2D eigenvalue weighted by atomic mass is 10.3. The first-order chi connectivity index (χ1) is 7.83. The van der Waals surface area contributed by atoms with Crippen LogP contribution < -0.4 is 5.73 Å². The molecule has 0 aliphatic heterocycles. The zero-order chi connectivity index (χ0) is 13.1. The Morgan fingerprint density at radius 3 is 2.65 bits per heavy atom. The van der Waals surface area contributed by atoms with Crippen LogP contribution in [0.1, 0.15) is 13.8 Å². The monoisotopic (exact) mass is 261 g/mol. The summed E-state index contributed by atoms with van der Waals surface area (Å²) in [6, 6.07) is 3.30. The molecule has 0 fully saturated rings. The number of benzene rings is 1. The number of sulfone groups is 1. The Morgan fingerprint density at radius 1 is 1.41 bits per heavy atom. The minimum Gasteiger partial charge on any atom is -0.398 e. The molecule has 0 heterocycles. The molecule has 0 bridgehead atoms. The van der Waals surface area contributed by atoms with Crippen molar-refractivity contribution < 1.29 is 17.5 Å². The van der Waals surface area contributed by atoms with Crippen molar-refractivity contribution in [2.45, 2.75) is 24.8 Å². The van der Waals surface area contributed by atoms with Crippen LogP contribution in [0.4, 0.5) is 10.1 Å². The Balaban J connectivity index is 2.86. The summed E-state index contributed by atoms with van der Waals surface area (Å²) >= 11 is 0. The molecule has 96 valence electrons. The van der Waals surface area contributed by atoms with E-state index in [0.717, 1.165) is 12.1 Å². The van der Waals surface area contributed by atoms with E-state index in [1.54, 1.807) is 0 Å². The van der Waals surface area contributed by atoms with Crippen LogP contribution in [0.15, 0.2) is 23.1 Å². The van der Waals surface area contributed by atoms with Gasteiger partial charge in [0.2, 0.25) is 0 Å². The molecule has 4 nitrogen and oxygen atoms in total. The van der Waals surface area contributed by atoms with Crippen molar-refractivity contribution >= 4 is 15.5 Å². The average molecular weight is 261 g/mol. The zero-order valence-corrected chi connectivity index (χ0v) is 10.6. The predicted molar refractivity (Wildman–Crippen MR) is 64.0 cm³/mol. The Hall–Kier alpha value is -1.14. The predicted octanol–water partition coefficient (Wildman–Crippen LogP) is 1.61. The van der Waals surface area contributed by atoms with Crippen LogP contribution in [0.3, 0.4) is 0 Å². The number of hydrogen-bond acceptors (Lipinski definition) is 4. The van der Waals surface area contributed by atoms with Gasteiger partial charge in [0.1, 0.15) is 5.82 Å². The molecule has 2 N–H and O–H groups in total. The second-order valence-corrected chi connectivity index (χ2v) is 6.00. The maximum atomic E-state index is 13.0. The summed E-state index contributed by atoms with van der Waals surface area (Å²) in [5.41, 5.74) is 5.57. The molecule has 1 aromatic rings. The third-order valence-corrected chi connectivity index (χ3v) is 3.84. The first kappa shape index (κ1) is 13.9. The van der Waals surface area contributed by atoms with Gasteiger partial charge in [-0.2, -0.15) is 0 Å². The van der Waals surface area contributed by atoms with Crippen LogP contribution in [-0.4, -0.2) is 26.9 Å². The van der Waals surface area contributed by atoms with Gasteiger partial charge in [0.15, 0.2) is 9.84 Å². The number of halogens is 1. The van der Waals surface area contributed by atoms with Crippen molar-refractivity contribution in [2.75, 3.05) is 18.1 Å². The third-order valence-electron chi connectivity index (χ3n) is 2.11. The van der Waals surface area contributed by atoms with Crippen LogP contribution in [0.5, 0.6) is 0 Å². The molecule has 0 unspecified atom stereocenters. The molecule has 0 aromatic heterocycles. The quantitative estimate of drug-likeness (QED) is 0.817. The molecule has 0 spiro atoms. The van der Waals surface area contributed by atoms with Gasteiger partial charge in [-0.05, 0) is 32.0 Å². The molecule has 6 heteroatoms. The van der Waals surface area contributed by atoms with Gasteiger partial charge in [0.05, 0.1) is 29.0 Å². The topological polar surface area (TPSA) is 69.4 Å². The SMILES string of the molecule is CC(C)OCCS(=O)(=O)c1cc(F)ccc1N. The minimum atomic E-state index is -3.60. The molecule has 0 saturated carbocycles. The Bertz CT molecular complexity index is 485. The van der Waals surface area contributed by atoms with Gasteiger partial charge in [-0.3, -0.25) is 0 Å². The lowest BCUT2D eigenvalue weighted by Gasteiger charge is -2.09. The van der Waals surface area contributed by atoms with Gasteiger partial charge < -0.3 is 10.5 Å². The summed E-state index contributed by atoms with van der Waals surface area (Å²) in [6.45, 7) is 3.68. The number of nitrogens with two attached hydrogens (primary N) is 1. The highest BCUT2D eigenvalue weighted by molar-refractivity contribution is 7.91. The van der Waals surface area contributed by atoms with E-state index in [4.69, 9.17) is 10.5 Å². The molecule has 1 aromatic carbocycles. The van der Waals surface area contributed by atoms with E-state index in [1.165, 1.54) is 6.07 Å². The lowest BCUT2D eigenvalue weighted by Crippen LogP contribution is -2.16. The second kappa shape index (κ2) is 5.46. The van der Waals surface area contributed by atoms with Crippen LogP contribution in [-0.2, 0) is 14.6 Å². The fourth-order valence-electron chi connectivity index (χ4n) is 1.28. The summed E-state index contributed by atoms with van der Waals surface area (Å²) in [7, 11) is -3.60. The molecule has 0 radical (unpaired) electrons. The molecule has 1 rings (SSSR count). The van der Waals surface area contributed by atoms with E-state index in [0.29, 0.717) is 0 Å². The van der Waals surface area contributed by atoms with Crippen molar-refractivity contribution in [3.05, 3.63) is 24.0 Å². The molecule has 0 aliphatic rings. The highest BCUT2D eigenvalue weighted by Gasteiger charge is 2.18. The van der Waals surface area contributed by atoms with E-state index in [-0.39, 0.29) is 29.0 Å². The van der Waals surface area contributed by atoms with Crippen LogP contribution in [0, 0.1) is 5.82 Å². The van der Waals surface area contributed by atoms with Crippen molar-refractivity contribution in [3.63, 3.8) is 0 Å². The fraction of sp³-hybridized carbons (Fsp3) is 0.455. The largest absolute Gasteiger partial charge is 0.398 e. The number of anilines is 1.